The van der Waals surface area contributed by atoms with Gasteiger partial charge in [-0.1, -0.05) is 6.42 Å². The van der Waals surface area contributed by atoms with Gasteiger partial charge in [-0.2, -0.15) is 0 Å². The summed E-state index contributed by atoms with van der Waals surface area (Å²) in [7, 11) is 0. The number of aliphatic hydroxyl groups excluding tert-OH is 5. The van der Waals surface area contributed by atoms with Gasteiger partial charge in [0.1, 0.15) is 24.4 Å². The fourth-order valence-electron chi connectivity index (χ4n) is 1.30. The Kier molecular flexibility index (Phi) is 13.7. The van der Waals surface area contributed by atoms with Crippen molar-refractivity contribution >= 4 is 11.9 Å². The Labute approximate surface area is 132 Å². The Morgan fingerprint density at radius 3 is 1.78 bits per heavy atom. The van der Waals surface area contributed by atoms with Crippen LogP contribution < -0.4 is 11.5 Å². The summed E-state index contributed by atoms with van der Waals surface area (Å²) in [6.07, 6.45) is -5.67. The summed E-state index contributed by atoms with van der Waals surface area (Å²) >= 11 is 0. The fraction of sp³-hybridized carbons (Fsp3) is 0.833. The molecule has 11 N–H and O–H groups in total. The highest BCUT2D eigenvalue weighted by Gasteiger charge is 2.33. The second kappa shape index (κ2) is 13.1. The Bertz CT molecular complexity index is 342. The molecular formula is C12H26N2O9. The van der Waals surface area contributed by atoms with E-state index in [1.54, 1.807) is 0 Å². The van der Waals surface area contributed by atoms with Gasteiger partial charge in [0.2, 0.25) is 0 Å². The molecule has 0 aliphatic rings. The molecule has 0 aliphatic heterocycles. The van der Waals surface area contributed by atoms with Crippen molar-refractivity contribution in [1.82, 2.24) is 0 Å². The minimum Gasteiger partial charge on any atom is -0.480 e. The number of rotatable bonds is 10. The SMILES string of the molecule is NCCCC[C@H](N)C(=O)O.O=C(O)[C@H](O)[C@H](O)[C@H](O)[C@@H](O)CO. The smallest absolute Gasteiger partial charge is 0.335 e. The zero-order chi connectivity index (χ0) is 18.6. The highest BCUT2D eigenvalue weighted by molar-refractivity contribution is 5.73. The first kappa shape index (κ1) is 23.9. The summed E-state index contributed by atoms with van der Waals surface area (Å²) < 4.78 is 0. The quantitative estimate of drug-likeness (QED) is 0.174. The molecule has 0 saturated heterocycles. The molecular weight excluding hydrogens is 316 g/mol. The van der Waals surface area contributed by atoms with Crippen LogP contribution >= 0.6 is 0 Å². The number of carboxylic acids is 2. The molecule has 0 saturated carbocycles. The third-order valence-electron chi connectivity index (χ3n) is 2.79. The predicted octanol–water partition coefficient (Wildman–Crippen LogP) is -3.97. The highest BCUT2D eigenvalue weighted by Crippen LogP contribution is 2.04. The zero-order valence-electron chi connectivity index (χ0n) is 12.5. The fourth-order valence-corrected chi connectivity index (χ4v) is 1.30. The van der Waals surface area contributed by atoms with Crippen molar-refractivity contribution in [3.63, 3.8) is 0 Å². The second-order valence-electron chi connectivity index (χ2n) is 4.74. The normalized spacial score (nSPS) is 17.2. The average Bonchev–Trinajstić information content (AvgIpc) is 2.52. The lowest BCUT2D eigenvalue weighted by Gasteiger charge is -2.23. The average molecular weight is 342 g/mol. The van der Waals surface area contributed by atoms with Gasteiger partial charge in [-0.25, -0.2) is 4.79 Å². The van der Waals surface area contributed by atoms with Crippen LogP contribution in [0.25, 0.3) is 0 Å². The molecule has 0 aromatic carbocycles. The van der Waals surface area contributed by atoms with Gasteiger partial charge < -0.3 is 47.2 Å². The molecule has 138 valence electrons. The van der Waals surface area contributed by atoms with Gasteiger partial charge in [0.15, 0.2) is 6.10 Å². The third kappa shape index (κ3) is 10.9. The van der Waals surface area contributed by atoms with Crippen LogP contribution in [0.3, 0.4) is 0 Å². The molecule has 0 aromatic heterocycles. The molecule has 0 aliphatic carbocycles. The van der Waals surface area contributed by atoms with Gasteiger partial charge in [0.25, 0.3) is 0 Å². The van der Waals surface area contributed by atoms with E-state index in [1.165, 1.54) is 0 Å². The van der Waals surface area contributed by atoms with Crippen LogP contribution in [0.2, 0.25) is 0 Å². The van der Waals surface area contributed by atoms with E-state index < -0.39 is 49.0 Å². The molecule has 0 spiro atoms. The molecule has 0 rings (SSSR count). The van der Waals surface area contributed by atoms with Crippen molar-refractivity contribution in [3.8, 4) is 0 Å². The number of nitrogens with two attached hydrogens (primary N) is 2. The maximum Gasteiger partial charge on any atom is 0.335 e. The van der Waals surface area contributed by atoms with Crippen LogP contribution in [0.1, 0.15) is 19.3 Å². The molecule has 0 heterocycles. The van der Waals surface area contributed by atoms with Crippen LogP contribution in [-0.4, -0.2) is 91.3 Å². The van der Waals surface area contributed by atoms with Crippen LogP contribution in [0, 0.1) is 0 Å². The first-order chi connectivity index (χ1) is 10.6. The van der Waals surface area contributed by atoms with E-state index in [4.69, 9.17) is 47.2 Å². The number of carbonyl (C=O) groups is 2. The van der Waals surface area contributed by atoms with Crippen molar-refractivity contribution in [2.24, 2.45) is 11.5 Å². The van der Waals surface area contributed by atoms with Gasteiger partial charge in [0.05, 0.1) is 6.61 Å². The van der Waals surface area contributed by atoms with Crippen molar-refractivity contribution in [2.45, 2.75) is 49.7 Å². The molecule has 0 aromatic rings. The number of hydrogen-bond donors (Lipinski definition) is 9. The van der Waals surface area contributed by atoms with E-state index in [0.717, 1.165) is 12.8 Å². The van der Waals surface area contributed by atoms with Crippen molar-refractivity contribution < 1.29 is 45.3 Å². The molecule has 0 fully saturated rings. The number of hydrogen-bond acceptors (Lipinski definition) is 9. The van der Waals surface area contributed by atoms with Gasteiger partial charge in [0, 0.05) is 0 Å². The molecule has 5 atom stereocenters. The van der Waals surface area contributed by atoms with Gasteiger partial charge in [-0.3, -0.25) is 4.79 Å². The summed E-state index contributed by atoms with van der Waals surface area (Å²) in [4.78, 5) is 20.2. The Morgan fingerprint density at radius 1 is 0.913 bits per heavy atom. The molecule has 11 nitrogen and oxygen atoms in total. The molecule has 0 amide bonds. The molecule has 11 heteroatoms. The van der Waals surface area contributed by atoms with E-state index in [1.807, 2.05) is 0 Å². The monoisotopic (exact) mass is 342 g/mol. The van der Waals surface area contributed by atoms with Crippen molar-refractivity contribution in [2.75, 3.05) is 13.2 Å². The van der Waals surface area contributed by atoms with E-state index in [0.29, 0.717) is 13.0 Å². The van der Waals surface area contributed by atoms with Crippen LogP contribution in [0.15, 0.2) is 0 Å². The predicted molar refractivity (Wildman–Crippen MR) is 77.3 cm³/mol. The number of aliphatic hydroxyl groups is 5. The van der Waals surface area contributed by atoms with Gasteiger partial charge in [-0.15, -0.1) is 0 Å². The van der Waals surface area contributed by atoms with Crippen LogP contribution in [0.4, 0.5) is 0 Å². The molecule has 0 unspecified atom stereocenters. The van der Waals surface area contributed by atoms with Crippen molar-refractivity contribution in [3.05, 3.63) is 0 Å². The second-order valence-corrected chi connectivity index (χ2v) is 4.74. The third-order valence-corrected chi connectivity index (χ3v) is 2.79. The number of aliphatic carboxylic acids is 2. The first-order valence-electron chi connectivity index (χ1n) is 6.84. The number of unbranched alkanes of at least 4 members (excludes halogenated alkanes) is 1. The van der Waals surface area contributed by atoms with Gasteiger partial charge >= 0.3 is 11.9 Å². The van der Waals surface area contributed by atoms with Crippen LogP contribution in [0.5, 0.6) is 0 Å². The maximum atomic E-state index is 10.1. The minimum absolute atomic E-state index is 0.520. The summed E-state index contributed by atoms with van der Waals surface area (Å²) in [5, 5.41) is 60.1. The summed E-state index contributed by atoms with van der Waals surface area (Å²) in [6.45, 7) is -0.239. The standard InChI is InChI=1S/C6H14N2O2.C6H12O7/c7-4-2-1-3-5(8)6(9)10;7-1-2(8)3(9)4(10)5(11)6(12)13/h5H,1-4,7-8H2,(H,9,10);2-5,7-11H,1H2,(H,12,13)/t5-;2-,3+,4+,5+/m00/s1. The summed E-state index contributed by atoms with van der Waals surface area (Å²) in [5.74, 6) is -2.66. The molecule has 0 radical (unpaired) electrons. The summed E-state index contributed by atoms with van der Waals surface area (Å²) in [5.41, 5.74) is 10.4. The van der Waals surface area contributed by atoms with E-state index in [-0.39, 0.29) is 0 Å². The molecule has 0 bridgehead atoms. The molecule has 23 heavy (non-hydrogen) atoms. The lowest BCUT2D eigenvalue weighted by molar-refractivity contribution is -0.164. The lowest BCUT2D eigenvalue weighted by atomic mass is 10.0. The number of carboxylic acid groups (broad SMARTS) is 2. The zero-order valence-corrected chi connectivity index (χ0v) is 12.5. The topological polar surface area (TPSA) is 228 Å². The van der Waals surface area contributed by atoms with E-state index in [2.05, 4.69) is 0 Å². The largest absolute Gasteiger partial charge is 0.480 e. The lowest BCUT2D eigenvalue weighted by Crippen LogP contribution is -2.48. The highest BCUT2D eigenvalue weighted by atomic mass is 16.4. The van der Waals surface area contributed by atoms with E-state index in [9.17, 15) is 9.59 Å². The Hall–Kier alpha value is -1.34. The van der Waals surface area contributed by atoms with Gasteiger partial charge in [-0.05, 0) is 19.4 Å². The summed E-state index contributed by atoms with van der Waals surface area (Å²) in [6, 6.07) is -0.716. The Balaban J connectivity index is 0. The van der Waals surface area contributed by atoms with Crippen molar-refractivity contribution in [1.29, 1.82) is 0 Å². The first-order valence-corrected chi connectivity index (χ1v) is 6.84. The van der Waals surface area contributed by atoms with Crippen LogP contribution in [-0.2, 0) is 9.59 Å². The maximum absolute atomic E-state index is 10.1. The Morgan fingerprint density at radius 2 is 1.43 bits per heavy atom. The van der Waals surface area contributed by atoms with E-state index >= 15 is 0 Å². The minimum atomic E-state index is -2.20.